The van der Waals surface area contributed by atoms with E-state index >= 15 is 0 Å². The van der Waals surface area contributed by atoms with E-state index in [1.165, 1.54) is 30.3 Å². The van der Waals surface area contributed by atoms with Gasteiger partial charge in [-0.15, -0.1) is 0 Å². The Kier molecular flexibility index (Phi) is 5.55. The molecule has 0 saturated carbocycles. The van der Waals surface area contributed by atoms with E-state index < -0.39 is 5.82 Å². The third kappa shape index (κ3) is 4.62. The predicted octanol–water partition coefficient (Wildman–Crippen LogP) is 4.29. The molecule has 1 aliphatic rings. The van der Waals surface area contributed by atoms with E-state index in [0.29, 0.717) is 30.4 Å². The van der Waals surface area contributed by atoms with Crippen molar-refractivity contribution >= 4 is 5.91 Å². The first-order valence-corrected chi connectivity index (χ1v) is 9.45. The number of carbonyl (C=O) groups excluding carboxylic acids is 1. The molecule has 1 amide bonds. The first-order valence-electron chi connectivity index (χ1n) is 9.45. The molecule has 0 aliphatic carbocycles. The Labute approximate surface area is 166 Å². The summed E-state index contributed by atoms with van der Waals surface area (Å²) in [4.78, 5) is 18.7. The van der Waals surface area contributed by atoms with Crippen LogP contribution >= 0.6 is 0 Å². The number of rotatable bonds is 6. The van der Waals surface area contributed by atoms with Crippen molar-refractivity contribution in [2.24, 2.45) is 0 Å². The number of hydrogen-bond acceptors (Lipinski definition) is 4. The number of ether oxygens (including phenoxy) is 1. The molecule has 1 aromatic heterocycles. The summed E-state index contributed by atoms with van der Waals surface area (Å²) >= 11 is 0. The lowest BCUT2D eigenvalue weighted by atomic mass is 10.1. The summed E-state index contributed by atoms with van der Waals surface area (Å²) in [6, 6.07) is 11.7. The van der Waals surface area contributed by atoms with Gasteiger partial charge in [-0.2, -0.15) is 0 Å². The predicted molar refractivity (Wildman–Crippen MR) is 101 cm³/mol. The lowest BCUT2D eigenvalue weighted by Gasteiger charge is -2.22. The zero-order valence-corrected chi connectivity index (χ0v) is 15.7. The van der Waals surface area contributed by atoms with Gasteiger partial charge >= 0.3 is 0 Å². The van der Waals surface area contributed by atoms with Crippen LogP contribution in [0, 0.1) is 11.6 Å². The van der Waals surface area contributed by atoms with Gasteiger partial charge in [0.05, 0.1) is 6.20 Å². The minimum absolute atomic E-state index is 0.177. The molecule has 3 aromatic rings. The van der Waals surface area contributed by atoms with Crippen LogP contribution in [-0.4, -0.2) is 28.9 Å². The zero-order chi connectivity index (χ0) is 20.2. The SMILES string of the molecule is O=C(COc1cccc(F)c1)N1CCC[C@@H]1c1ncc(Cc2ccc(F)cc2)o1. The van der Waals surface area contributed by atoms with Crippen molar-refractivity contribution in [3.05, 3.63) is 83.6 Å². The van der Waals surface area contributed by atoms with Crippen molar-refractivity contribution in [1.29, 1.82) is 0 Å². The minimum atomic E-state index is -0.414. The summed E-state index contributed by atoms with van der Waals surface area (Å²) in [7, 11) is 0. The van der Waals surface area contributed by atoms with Crippen molar-refractivity contribution in [3.8, 4) is 5.75 Å². The van der Waals surface area contributed by atoms with Gasteiger partial charge in [0.1, 0.15) is 29.2 Å². The fourth-order valence-corrected chi connectivity index (χ4v) is 3.47. The van der Waals surface area contributed by atoms with Crippen LogP contribution in [0.4, 0.5) is 8.78 Å². The van der Waals surface area contributed by atoms with Crippen LogP contribution < -0.4 is 4.74 Å². The van der Waals surface area contributed by atoms with Crippen LogP contribution in [0.5, 0.6) is 5.75 Å². The van der Waals surface area contributed by atoms with E-state index in [0.717, 1.165) is 18.4 Å². The molecule has 0 spiro atoms. The van der Waals surface area contributed by atoms with E-state index in [9.17, 15) is 13.6 Å². The number of carbonyl (C=O) groups is 1. The molecular weight excluding hydrogens is 378 g/mol. The van der Waals surface area contributed by atoms with Crippen molar-refractivity contribution in [1.82, 2.24) is 9.88 Å². The highest BCUT2D eigenvalue weighted by molar-refractivity contribution is 5.78. The second-order valence-corrected chi connectivity index (χ2v) is 6.96. The van der Waals surface area contributed by atoms with E-state index in [-0.39, 0.29) is 24.4 Å². The maximum absolute atomic E-state index is 13.2. The van der Waals surface area contributed by atoms with Crippen molar-refractivity contribution in [2.45, 2.75) is 25.3 Å². The topological polar surface area (TPSA) is 55.6 Å². The molecular formula is C22H20F2N2O3. The summed E-state index contributed by atoms with van der Waals surface area (Å²) in [5.74, 6) is 0.553. The summed E-state index contributed by atoms with van der Waals surface area (Å²) in [6.07, 6.45) is 3.73. The number of oxazole rings is 1. The Hall–Kier alpha value is -3.22. The molecule has 0 bridgehead atoms. The molecule has 1 fully saturated rings. The Bertz CT molecular complexity index is 988. The molecule has 7 heteroatoms. The molecule has 2 heterocycles. The highest BCUT2D eigenvalue weighted by Gasteiger charge is 2.33. The third-order valence-corrected chi connectivity index (χ3v) is 4.88. The van der Waals surface area contributed by atoms with E-state index in [1.807, 2.05) is 0 Å². The lowest BCUT2D eigenvalue weighted by molar-refractivity contribution is -0.134. The number of halogens is 2. The molecule has 29 heavy (non-hydrogen) atoms. The molecule has 1 aliphatic heterocycles. The molecule has 0 radical (unpaired) electrons. The quantitative estimate of drug-likeness (QED) is 0.622. The van der Waals surface area contributed by atoms with Gasteiger partial charge in [-0.05, 0) is 42.7 Å². The summed E-state index contributed by atoms with van der Waals surface area (Å²) < 4.78 is 37.6. The highest BCUT2D eigenvalue weighted by Crippen LogP contribution is 2.32. The van der Waals surface area contributed by atoms with Crippen LogP contribution in [0.15, 0.2) is 59.1 Å². The standard InChI is InChI=1S/C22H20F2N2O3/c23-16-8-6-15(7-9-16)11-19-13-25-22(29-19)20-5-2-10-26(20)21(27)14-28-18-4-1-3-17(24)12-18/h1,3-4,6-9,12-13,20H,2,5,10-11,14H2/t20-/m1/s1. The van der Waals surface area contributed by atoms with E-state index in [4.69, 9.17) is 9.15 Å². The van der Waals surface area contributed by atoms with Gasteiger partial charge in [-0.3, -0.25) is 4.79 Å². The molecule has 1 atom stereocenters. The fraction of sp³-hybridized carbons (Fsp3) is 0.273. The number of benzene rings is 2. The van der Waals surface area contributed by atoms with Gasteiger partial charge < -0.3 is 14.1 Å². The van der Waals surface area contributed by atoms with Crippen LogP contribution in [0.3, 0.4) is 0 Å². The van der Waals surface area contributed by atoms with Gasteiger partial charge in [0.2, 0.25) is 5.89 Å². The molecule has 1 saturated heterocycles. The Morgan fingerprint density at radius 3 is 2.79 bits per heavy atom. The normalized spacial score (nSPS) is 16.2. The molecule has 5 nitrogen and oxygen atoms in total. The molecule has 0 N–H and O–H groups in total. The van der Waals surface area contributed by atoms with Crippen molar-refractivity contribution in [2.75, 3.05) is 13.2 Å². The van der Waals surface area contributed by atoms with Crippen LogP contribution in [0.25, 0.3) is 0 Å². The van der Waals surface area contributed by atoms with Gasteiger partial charge in [0.25, 0.3) is 5.91 Å². The van der Waals surface area contributed by atoms with Gasteiger partial charge in [-0.25, -0.2) is 13.8 Å². The second kappa shape index (κ2) is 8.43. The second-order valence-electron chi connectivity index (χ2n) is 6.96. The first-order chi connectivity index (χ1) is 14.1. The Balaban J connectivity index is 1.39. The van der Waals surface area contributed by atoms with Gasteiger partial charge in [0.15, 0.2) is 6.61 Å². The van der Waals surface area contributed by atoms with E-state index in [2.05, 4.69) is 4.98 Å². The smallest absolute Gasteiger partial charge is 0.261 e. The van der Waals surface area contributed by atoms with Crippen LogP contribution in [-0.2, 0) is 11.2 Å². The Morgan fingerprint density at radius 1 is 1.17 bits per heavy atom. The summed E-state index contributed by atoms with van der Waals surface area (Å²) in [6.45, 7) is 0.411. The third-order valence-electron chi connectivity index (χ3n) is 4.88. The average Bonchev–Trinajstić information content (AvgIpc) is 3.37. The van der Waals surface area contributed by atoms with E-state index in [1.54, 1.807) is 29.3 Å². The van der Waals surface area contributed by atoms with Gasteiger partial charge in [0, 0.05) is 19.0 Å². The van der Waals surface area contributed by atoms with Crippen molar-refractivity contribution < 1.29 is 22.7 Å². The summed E-state index contributed by atoms with van der Waals surface area (Å²) in [5, 5.41) is 0. The Morgan fingerprint density at radius 2 is 2.00 bits per heavy atom. The molecule has 150 valence electrons. The zero-order valence-electron chi connectivity index (χ0n) is 15.7. The van der Waals surface area contributed by atoms with Crippen LogP contribution in [0.1, 0.15) is 36.1 Å². The highest BCUT2D eigenvalue weighted by atomic mass is 19.1. The number of nitrogens with zero attached hydrogens (tertiary/aromatic N) is 2. The van der Waals surface area contributed by atoms with Crippen molar-refractivity contribution in [3.63, 3.8) is 0 Å². The van der Waals surface area contributed by atoms with Gasteiger partial charge in [-0.1, -0.05) is 18.2 Å². The number of likely N-dealkylation sites (tertiary alicyclic amines) is 1. The minimum Gasteiger partial charge on any atom is -0.484 e. The van der Waals surface area contributed by atoms with Crippen LogP contribution in [0.2, 0.25) is 0 Å². The monoisotopic (exact) mass is 398 g/mol. The first kappa shape index (κ1) is 19.1. The fourth-order valence-electron chi connectivity index (χ4n) is 3.47. The molecule has 4 rings (SSSR count). The molecule has 0 unspecified atom stereocenters. The average molecular weight is 398 g/mol. The number of aromatic nitrogens is 1. The largest absolute Gasteiger partial charge is 0.484 e. The maximum atomic E-state index is 13.2. The number of hydrogen-bond donors (Lipinski definition) is 0. The molecule has 2 aromatic carbocycles. The maximum Gasteiger partial charge on any atom is 0.261 e. The number of amides is 1. The lowest BCUT2D eigenvalue weighted by Crippen LogP contribution is -2.34. The summed E-state index contributed by atoms with van der Waals surface area (Å²) in [5.41, 5.74) is 0.914.